The number of rotatable bonds is 3. The first-order chi connectivity index (χ1) is 21.0. The maximum Gasteiger partial charge on any atom is 0.305 e. The molecule has 1 aromatic heterocycles. The van der Waals surface area contributed by atoms with Crippen LogP contribution in [0.15, 0.2) is 69.4 Å². The molecule has 0 amide bonds. The van der Waals surface area contributed by atoms with Crippen molar-refractivity contribution in [3.63, 3.8) is 0 Å². The Morgan fingerprint density at radius 3 is 2.48 bits per heavy atom. The molecule has 2 aromatic carbocycles. The van der Waals surface area contributed by atoms with E-state index >= 15 is 0 Å². The van der Waals surface area contributed by atoms with Crippen molar-refractivity contribution in [3.8, 4) is 22.8 Å². The fourth-order valence-corrected chi connectivity index (χ4v) is 8.95. The van der Waals surface area contributed by atoms with Gasteiger partial charge < -0.3 is 19.4 Å². The predicted octanol–water partition coefficient (Wildman–Crippen LogP) is 7.71. The van der Waals surface area contributed by atoms with E-state index in [4.69, 9.17) is 9.15 Å². The van der Waals surface area contributed by atoms with Gasteiger partial charge in [-0.15, -0.1) is 0 Å². The molecule has 3 aromatic rings. The first-order valence-corrected chi connectivity index (χ1v) is 16.0. The number of hydrogen-bond donors (Lipinski definition) is 2. The molecule has 7 heteroatoms. The van der Waals surface area contributed by atoms with Crippen molar-refractivity contribution in [1.29, 1.82) is 0 Å². The minimum atomic E-state index is -0.349. The largest absolute Gasteiger partial charge is 0.508 e. The second kappa shape index (κ2) is 11.6. The second-order valence-electron chi connectivity index (χ2n) is 13.6. The van der Waals surface area contributed by atoms with Crippen LogP contribution in [0.3, 0.4) is 0 Å². The highest BCUT2D eigenvalue weighted by atomic mass is 16.5. The number of ether oxygens (including phenoxy) is 1. The van der Waals surface area contributed by atoms with E-state index in [9.17, 15) is 24.6 Å². The van der Waals surface area contributed by atoms with E-state index in [1.54, 1.807) is 0 Å². The van der Waals surface area contributed by atoms with Crippen LogP contribution in [-0.2, 0) is 14.3 Å². The summed E-state index contributed by atoms with van der Waals surface area (Å²) in [5.74, 6) is 2.36. The lowest BCUT2D eigenvalue weighted by molar-refractivity contribution is -0.159. The number of carbonyl (C=O) groups is 2. The van der Waals surface area contributed by atoms with Crippen molar-refractivity contribution in [1.82, 2.24) is 0 Å². The van der Waals surface area contributed by atoms with Gasteiger partial charge >= 0.3 is 5.97 Å². The molecule has 4 aliphatic rings. The Bertz CT molecular complexity index is 1670. The number of benzene rings is 2. The van der Waals surface area contributed by atoms with Gasteiger partial charge in [-0.2, -0.15) is 0 Å². The standard InChI is InChI=1S/C22H32O3.C15H10O4/c1-4-20(24)25-19-8-7-17-16-6-5-14-13-15(23)9-11-21(14,2)18(16)10-12-22(17,19)3;16-10-6-11(17)15-12(18)8-13(19-14(15)7-10)9-4-2-1-3-5-9/h13,16-19H,4-12H2,1-3H3;1-8,16-17H. The Balaban J connectivity index is 0.000000162. The zero-order valence-corrected chi connectivity index (χ0v) is 25.8. The number of hydrogen-bond acceptors (Lipinski definition) is 7. The van der Waals surface area contributed by atoms with E-state index in [2.05, 4.69) is 13.8 Å². The third-order valence-electron chi connectivity index (χ3n) is 11.3. The first-order valence-electron chi connectivity index (χ1n) is 16.0. The zero-order valence-electron chi connectivity index (χ0n) is 25.8. The van der Waals surface area contributed by atoms with Crippen molar-refractivity contribution in [2.75, 3.05) is 0 Å². The maximum absolute atomic E-state index is 12.0. The van der Waals surface area contributed by atoms with Gasteiger partial charge in [-0.25, -0.2) is 0 Å². The van der Waals surface area contributed by atoms with Crippen molar-refractivity contribution in [3.05, 3.63) is 70.4 Å². The van der Waals surface area contributed by atoms with Crippen LogP contribution in [0.2, 0.25) is 0 Å². The van der Waals surface area contributed by atoms with E-state index in [-0.39, 0.29) is 50.8 Å². The summed E-state index contributed by atoms with van der Waals surface area (Å²) < 4.78 is 11.4. The Hall–Kier alpha value is -3.87. The molecule has 232 valence electrons. The van der Waals surface area contributed by atoms with Gasteiger partial charge in [0.15, 0.2) is 11.2 Å². The van der Waals surface area contributed by atoms with Crippen LogP contribution in [0.5, 0.6) is 11.5 Å². The Labute approximate surface area is 257 Å². The summed E-state index contributed by atoms with van der Waals surface area (Å²) in [6, 6.07) is 12.9. The molecule has 6 atom stereocenters. The monoisotopic (exact) mass is 598 g/mol. The van der Waals surface area contributed by atoms with E-state index in [1.165, 1.54) is 37.0 Å². The van der Waals surface area contributed by atoms with E-state index in [0.29, 0.717) is 29.8 Å². The van der Waals surface area contributed by atoms with Crippen molar-refractivity contribution < 1.29 is 29.0 Å². The normalized spacial score (nSPS) is 30.7. The van der Waals surface area contributed by atoms with Gasteiger partial charge in [0.05, 0.1) is 0 Å². The molecular formula is C37H42O7. The molecule has 3 fully saturated rings. The van der Waals surface area contributed by atoms with Gasteiger partial charge in [-0.05, 0) is 74.2 Å². The summed E-state index contributed by atoms with van der Waals surface area (Å²) in [5.41, 5.74) is 2.39. The zero-order chi connectivity index (χ0) is 31.2. The summed E-state index contributed by atoms with van der Waals surface area (Å²) in [6.07, 6.45) is 11.3. The highest BCUT2D eigenvalue weighted by Crippen LogP contribution is 2.65. The van der Waals surface area contributed by atoms with Crippen molar-refractivity contribution >= 4 is 22.7 Å². The number of esters is 1. The Morgan fingerprint density at radius 2 is 1.73 bits per heavy atom. The first kappa shape index (κ1) is 30.2. The highest BCUT2D eigenvalue weighted by molar-refractivity contribution is 5.91. The number of carbonyl (C=O) groups excluding carboxylic acids is 2. The summed E-state index contributed by atoms with van der Waals surface area (Å²) >= 11 is 0. The third-order valence-corrected chi connectivity index (χ3v) is 11.3. The number of phenols is 2. The molecule has 0 spiro atoms. The summed E-state index contributed by atoms with van der Waals surface area (Å²) in [7, 11) is 0. The fourth-order valence-electron chi connectivity index (χ4n) is 8.95. The molecule has 7 rings (SSSR count). The van der Waals surface area contributed by atoms with Gasteiger partial charge in [0.25, 0.3) is 0 Å². The van der Waals surface area contributed by atoms with Crippen LogP contribution in [-0.4, -0.2) is 28.1 Å². The van der Waals surface area contributed by atoms with Crippen LogP contribution in [0.1, 0.15) is 78.6 Å². The van der Waals surface area contributed by atoms with Gasteiger partial charge in [0.2, 0.25) is 0 Å². The molecule has 2 N–H and O–H groups in total. The third kappa shape index (κ3) is 5.24. The van der Waals surface area contributed by atoms with E-state index < -0.39 is 0 Å². The van der Waals surface area contributed by atoms with Crippen LogP contribution in [0.25, 0.3) is 22.3 Å². The highest BCUT2D eigenvalue weighted by Gasteiger charge is 2.59. The van der Waals surface area contributed by atoms with Gasteiger partial charge in [0.1, 0.15) is 34.3 Å². The number of ketones is 1. The molecule has 0 bridgehead atoms. The lowest BCUT2D eigenvalue weighted by atomic mass is 9.47. The fraction of sp³-hybridized carbons (Fsp3) is 0.486. The number of allylic oxidation sites excluding steroid dienone is 1. The quantitative estimate of drug-likeness (QED) is 0.297. The van der Waals surface area contributed by atoms with E-state index in [1.807, 2.05) is 43.3 Å². The Kier molecular flexibility index (Phi) is 7.93. The summed E-state index contributed by atoms with van der Waals surface area (Å²) in [4.78, 5) is 35.8. The minimum absolute atomic E-state index is 0.0411. The molecule has 1 heterocycles. The summed E-state index contributed by atoms with van der Waals surface area (Å²) in [6.45, 7) is 6.69. The van der Waals surface area contributed by atoms with Crippen LogP contribution >= 0.6 is 0 Å². The van der Waals surface area contributed by atoms with E-state index in [0.717, 1.165) is 49.7 Å². The number of fused-ring (bicyclic) bond motifs is 6. The lowest BCUT2D eigenvalue weighted by Gasteiger charge is -2.57. The average Bonchev–Trinajstić information content (AvgIpc) is 3.33. The van der Waals surface area contributed by atoms with Gasteiger partial charge in [0, 0.05) is 42.0 Å². The number of aromatic hydroxyl groups is 2. The second-order valence-corrected chi connectivity index (χ2v) is 13.6. The molecule has 0 saturated heterocycles. The molecule has 3 saturated carbocycles. The topological polar surface area (TPSA) is 114 Å². The van der Waals surface area contributed by atoms with Crippen LogP contribution in [0, 0.1) is 28.6 Å². The smallest absolute Gasteiger partial charge is 0.305 e. The predicted molar refractivity (Wildman–Crippen MR) is 168 cm³/mol. The van der Waals surface area contributed by atoms with Gasteiger partial charge in [-0.1, -0.05) is 56.7 Å². The molecule has 0 radical (unpaired) electrons. The molecule has 7 nitrogen and oxygen atoms in total. The summed E-state index contributed by atoms with van der Waals surface area (Å²) in [5, 5.41) is 19.2. The maximum atomic E-state index is 12.0. The van der Waals surface area contributed by atoms with Crippen LogP contribution < -0.4 is 5.43 Å². The van der Waals surface area contributed by atoms with Crippen molar-refractivity contribution in [2.45, 2.75) is 84.7 Å². The van der Waals surface area contributed by atoms with Gasteiger partial charge in [-0.3, -0.25) is 14.4 Å². The van der Waals surface area contributed by atoms with Crippen molar-refractivity contribution in [2.24, 2.45) is 28.6 Å². The molecule has 6 unspecified atom stereocenters. The minimum Gasteiger partial charge on any atom is -0.508 e. The lowest BCUT2D eigenvalue weighted by Crippen LogP contribution is -2.51. The molecule has 4 aliphatic carbocycles. The number of phenolic OH excluding ortho intramolecular Hbond substituents is 2. The van der Waals surface area contributed by atoms with Crippen LogP contribution in [0.4, 0.5) is 0 Å². The average molecular weight is 599 g/mol. The molecule has 0 aliphatic heterocycles. The molecular weight excluding hydrogens is 556 g/mol. The Morgan fingerprint density at radius 1 is 0.955 bits per heavy atom. The SMILES string of the molecule is CCC(=O)OC1CCC2C3CCC4=CC(=O)CCC4(C)C3CCC12C.O=c1cc(-c2ccccc2)oc2cc(O)cc(O)c12. The molecule has 44 heavy (non-hydrogen) atoms.